The van der Waals surface area contributed by atoms with Crippen LogP contribution in [0.15, 0.2) is 57.8 Å². The Balaban J connectivity index is 1.64. The Labute approximate surface area is 159 Å². The first-order valence-electron chi connectivity index (χ1n) is 9.04. The van der Waals surface area contributed by atoms with E-state index in [0.717, 1.165) is 24.1 Å². The summed E-state index contributed by atoms with van der Waals surface area (Å²) in [6.07, 6.45) is 2.48. The minimum absolute atomic E-state index is 0.136. The van der Waals surface area contributed by atoms with Gasteiger partial charge in [-0.2, -0.15) is 8.42 Å². The number of carbonyl (C=O) groups excluding carboxylic acids is 1. The largest absolute Gasteiger partial charge is 0.343 e. The van der Waals surface area contributed by atoms with E-state index in [4.69, 9.17) is 0 Å². The maximum atomic E-state index is 12.9. The molecule has 0 radical (unpaired) electrons. The molecule has 0 aromatic heterocycles. The van der Waals surface area contributed by atoms with Crippen molar-refractivity contribution in [3.63, 3.8) is 0 Å². The summed E-state index contributed by atoms with van der Waals surface area (Å²) in [4.78, 5) is 15.0. The Morgan fingerprint density at radius 2 is 1.85 bits per heavy atom. The summed E-state index contributed by atoms with van der Waals surface area (Å²) < 4.78 is 28.8. The number of rotatable bonds is 2. The third-order valence-electron chi connectivity index (χ3n) is 5.01. The average Bonchev–Trinajstić information content (AvgIpc) is 2.95. The molecule has 1 fully saturated rings. The molecule has 1 saturated heterocycles. The molecule has 1 amide bonds. The van der Waals surface area contributed by atoms with Gasteiger partial charge in [-0.1, -0.05) is 29.8 Å². The van der Waals surface area contributed by atoms with Crippen LogP contribution in [0.4, 0.5) is 5.69 Å². The predicted octanol–water partition coefficient (Wildman–Crippen LogP) is 2.94. The summed E-state index contributed by atoms with van der Waals surface area (Å²) in [5, 5.41) is 2.95. The zero-order chi connectivity index (χ0) is 19.0. The van der Waals surface area contributed by atoms with Crippen molar-refractivity contribution in [3.8, 4) is 0 Å². The number of likely N-dealkylation sites (tertiary alicyclic amines) is 1. The van der Waals surface area contributed by atoms with Crippen LogP contribution in [-0.2, 0) is 14.8 Å². The molecule has 140 valence electrons. The maximum Gasteiger partial charge on any atom is 0.285 e. The van der Waals surface area contributed by atoms with Crippen molar-refractivity contribution in [2.45, 2.75) is 37.1 Å². The Morgan fingerprint density at radius 1 is 1.11 bits per heavy atom. The fourth-order valence-corrected chi connectivity index (χ4v) is 4.83. The molecule has 7 heteroatoms. The molecular weight excluding hydrogens is 362 g/mol. The van der Waals surface area contributed by atoms with E-state index in [0.29, 0.717) is 24.4 Å². The minimum atomic E-state index is -3.70. The van der Waals surface area contributed by atoms with Gasteiger partial charge in [0, 0.05) is 17.8 Å². The molecular formula is C20H21N3O3S. The highest BCUT2D eigenvalue weighted by Gasteiger charge is 2.37. The second-order valence-electron chi connectivity index (χ2n) is 6.95. The van der Waals surface area contributed by atoms with Crippen molar-refractivity contribution in [1.29, 1.82) is 0 Å². The summed E-state index contributed by atoms with van der Waals surface area (Å²) >= 11 is 0. The number of nitrogens with zero attached hydrogens (tertiary/aromatic N) is 2. The number of carbonyl (C=O) groups is 1. The third kappa shape index (κ3) is 3.35. The number of aryl methyl sites for hydroxylation is 1. The summed E-state index contributed by atoms with van der Waals surface area (Å²) in [6, 6.07) is 14.0. The van der Waals surface area contributed by atoms with Gasteiger partial charge in [0.1, 0.15) is 10.9 Å². The van der Waals surface area contributed by atoms with E-state index in [1.807, 2.05) is 36.1 Å². The zero-order valence-electron chi connectivity index (χ0n) is 15.1. The lowest BCUT2D eigenvalue weighted by Gasteiger charge is -2.36. The number of amides is 1. The van der Waals surface area contributed by atoms with Crippen LogP contribution in [0.3, 0.4) is 0 Å². The molecule has 2 aliphatic rings. The Kier molecular flexibility index (Phi) is 4.47. The zero-order valence-corrected chi connectivity index (χ0v) is 15.9. The van der Waals surface area contributed by atoms with Crippen molar-refractivity contribution in [2.75, 3.05) is 11.9 Å². The number of sulfonamides is 1. The molecule has 0 aliphatic carbocycles. The van der Waals surface area contributed by atoms with Gasteiger partial charge in [-0.3, -0.25) is 4.79 Å². The highest BCUT2D eigenvalue weighted by atomic mass is 32.2. The Morgan fingerprint density at radius 3 is 2.63 bits per heavy atom. The van der Waals surface area contributed by atoms with Gasteiger partial charge in [-0.15, -0.1) is 4.40 Å². The van der Waals surface area contributed by atoms with Crippen LogP contribution in [0.25, 0.3) is 0 Å². The number of nitrogens with one attached hydrogen (secondary N) is 1. The molecule has 0 saturated carbocycles. The van der Waals surface area contributed by atoms with E-state index in [-0.39, 0.29) is 10.8 Å². The lowest BCUT2D eigenvalue weighted by atomic mass is 9.99. The third-order valence-corrected chi connectivity index (χ3v) is 6.33. The van der Waals surface area contributed by atoms with E-state index in [2.05, 4.69) is 9.71 Å². The monoisotopic (exact) mass is 383 g/mol. The number of hydrogen-bond acceptors (Lipinski definition) is 4. The van der Waals surface area contributed by atoms with E-state index < -0.39 is 16.1 Å². The maximum absolute atomic E-state index is 12.9. The number of piperidine rings is 1. The van der Waals surface area contributed by atoms with Crippen molar-refractivity contribution in [1.82, 2.24) is 4.90 Å². The van der Waals surface area contributed by atoms with E-state index >= 15 is 0 Å². The average molecular weight is 383 g/mol. The molecule has 2 aliphatic heterocycles. The van der Waals surface area contributed by atoms with Gasteiger partial charge in [0.15, 0.2) is 5.84 Å². The second-order valence-corrected chi connectivity index (χ2v) is 8.52. The lowest BCUT2D eigenvalue weighted by molar-refractivity contribution is -0.120. The summed E-state index contributed by atoms with van der Waals surface area (Å²) in [6.45, 7) is 2.60. The second kappa shape index (κ2) is 6.81. The van der Waals surface area contributed by atoms with Crippen molar-refractivity contribution >= 4 is 27.5 Å². The topological polar surface area (TPSA) is 78.8 Å². The summed E-state index contributed by atoms with van der Waals surface area (Å²) in [5.74, 6) is 0.248. The molecule has 0 spiro atoms. The van der Waals surface area contributed by atoms with E-state index in [9.17, 15) is 13.2 Å². The van der Waals surface area contributed by atoms with Crippen LogP contribution in [0.1, 0.15) is 30.4 Å². The van der Waals surface area contributed by atoms with Crippen LogP contribution < -0.4 is 5.32 Å². The SMILES string of the molecule is Cc1ccc(NC(=O)[C@@H]2CCCCN2C2=NS(=O)(=O)c3ccccc32)cc1. The van der Waals surface area contributed by atoms with Crippen LogP contribution in [0.2, 0.25) is 0 Å². The molecule has 2 heterocycles. The van der Waals surface area contributed by atoms with Crippen molar-refractivity contribution in [2.24, 2.45) is 4.40 Å². The molecule has 0 bridgehead atoms. The number of hydrogen-bond donors (Lipinski definition) is 1. The van der Waals surface area contributed by atoms with Gasteiger partial charge >= 0.3 is 0 Å². The van der Waals surface area contributed by atoms with Gasteiger partial charge in [0.05, 0.1) is 0 Å². The minimum Gasteiger partial charge on any atom is -0.343 e. The van der Waals surface area contributed by atoms with E-state index in [1.54, 1.807) is 24.3 Å². The first kappa shape index (κ1) is 17.7. The molecule has 6 nitrogen and oxygen atoms in total. The smallest absolute Gasteiger partial charge is 0.285 e. The molecule has 27 heavy (non-hydrogen) atoms. The Bertz CT molecular complexity index is 1010. The quantitative estimate of drug-likeness (QED) is 0.865. The van der Waals surface area contributed by atoms with Gasteiger partial charge in [0.2, 0.25) is 5.91 Å². The van der Waals surface area contributed by atoms with Crippen LogP contribution in [0.5, 0.6) is 0 Å². The summed E-state index contributed by atoms with van der Waals surface area (Å²) in [5.41, 5.74) is 2.43. The molecule has 4 rings (SSSR count). The predicted molar refractivity (Wildman–Crippen MR) is 104 cm³/mol. The molecule has 2 aromatic rings. The number of anilines is 1. The van der Waals surface area contributed by atoms with E-state index in [1.165, 1.54) is 0 Å². The number of benzene rings is 2. The van der Waals surface area contributed by atoms with Crippen LogP contribution >= 0.6 is 0 Å². The highest BCUT2D eigenvalue weighted by Crippen LogP contribution is 2.31. The summed E-state index contributed by atoms with van der Waals surface area (Å²) in [7, 11) is -3.70. The molecule has 0 unspecified atom stereocenters. The Hall–Kier alpha value is -2.67. The number of fused-ring (bicyclic) bond motifs is 1. The first-order valence-corrected chi connectivity index (χ1v) is 10.5. The van der Waals surface area contributed by atoms with Crippen LogP contribution in [0, 0.1) is 6.92 Å². The van der Waals surface area contributed by atoms with Gasteiger partial charge in [-0.25, -0.2) is 0 Å². The first-order chi connectivity index (χ1) is 13.0. The van der Waals surface area contributed by atoms with Crippen molar-refractivity contribution in [3.05, 3.63) is 59.7 Å². The fourth-order valence-electron chi connectivity index (χ4n) is 3.62. The normalized spacial score (nSPS) is 20.7. The fraction of sp³-hybridized carbons (Fsp3) is 0.300. The van der Waals surface area contributed by atoms with Gasteiger partial charge in [0.25, 0.3) is 10.0 Å². The van der Waals surface area contributed by atoms with Gasteiger partial charge < -0.3 is 10.2 Å². The van der Waals surface area contributed by atoms with Crippen LogP contribution in [-0.4, -0.2) is 37.6 Å². The standard InChI is InChI=1S/C20H21N3O3S/c1-14-9-11-15(12-10-14)21-20(24)17-7-4-5-13-23(17)19-16-6-2-3-8-18(16)27(25,26)22-19/h2-3,6,8-12,17H,4-5,7,13H2,1H3,(H,21,24)/t17-/m0/s1. The number of amidine groups is 1. The molecule has 1 atom stereocenters. The molecule has 1 N–H and O–H groups in total. The van der Waals surface area contributed by atoms with Gasteiger partial charge in [-0.05, 0) is 50.5 Å². The highest BCUT2D eigenvalue weighted by molar-refractivity contribution is 7.90. The lowest BCUT2D eigenvalue weighted by Crippen LogP contribution is -2.50. The van der Waals surface area contributed by atoms with Crippen molar-refractivity contribution < 1.29 is 13.2 Å². The molecule has 2 aromatic carbocycles.